The molecule has 0 saturated carbocycles. The number of hydrogen-bond donors (Lipinski definition) is 1. The number of thiophene rings is 1. The zero-order chi connectivity index (χ0) is 18.8. The van der Waals surface area contributed by atoms with Crippen LogP contribution in [0.25, 0.3) is 10.2 Å². The minimum Gasteiger partial charge on any atom is -0.390 e. The summed E-state index contributed by atoms with van der Waals surface area (Å²) in [5.41, 5.74) is 2.46. The summed E-state index contributed by atoms with van der Waals surface area (Å²) in [5.74, 6) is 0.546. The summed E-state index contributed by atoms with van der Waals surface area (Å²) >= 11 is 9.29. The van der Waals surface area contributed by atoms with Gasteiger partial charge in [-0.3, -0.25) is 0 Å². The summed E-state index contributed by atoms with van der Waals surface area (Å²) in [6.45, 7) is 2.26. The van der Waals surface area contributed by atoms with Crippen LogP contribution in [0, 0.1) is 0 Å². The Kier molecular flexibility index (Phi) is 5.99. The number of nitrogens with zero attached hydrogens (tertiary/aromatic N) is 2. The molecule has 1 N–H and O–H groups in total. The maximum Gasteiger partial charge on any atom is 0.128 e. The molecule has 0 aliphatic heterocycles. The number of thioether (sulfide) groups is 1. The molecule has 0 amide bonds. The van der Waals surface area contributed by atoms with Gasteiger partial charge in [-0.1, -0.05) is 23.7 Å². The van der Waals surface area contributed by atoms with Crippen molar-refractivity contribution in [2.75, 3.05) is 12.4 Å². The summed E-state index contributed by atoms with van der Waals surface area (Å²) in [5, 5.41) is 13.2. The molecule has 142 valence electrons. The van der Waals surface area contributed by atoms with Crippen molar-refractivity contribution in [3.8, 4) is 0 Å². The van der Waals surface area contributed by atoms with E-state index in [1.54, 1.807) is 29.4 Å². The SMILES string of the molecule is C[C@@H](OC[C@H](O)CSc1ncnc2sc3c(c12)CCC3)c1ccc(Cl)cc1. The van der Waals surface area contributed by atoms with Crippen molar-refractivity contribution < 1.29 is 9.84 Å². The van der Waals surface area contributed by atoms with E-state index in [4.69, 9.17) is 16.3 Å². The molecule has 2 heterocycles. The van der Waals surface area contributed by atoms with Crippen molar-refractivity contribution in [3.63, 3.8) is 0 Å². The Balaban J connectivity index is 1.35. The average Bonchev–Trinajstić information content (AvgIpc) is 3.26. The van der Waals surface area contributed by atoms with E-state index in [9.17, 15) is 5.11 Å². The zero-order valence-corrected chi connectivity index (χ0v) is 17.4. The number of hydrogen-bond acceptors (Lipinski definition) is 6. The summed E-state index contributed by atoms with van der Waals surface area (Å²) in [4.78, 5) is 11.4. The molecule has 7 heteroatoms. The molecule has 0 spiro atoms. The lowest BCUT2D eigenvalue weighted by molar-refractivity contribution is 0.00622. The highest BCUT2D eigenvalue weighted by Crippen LogP contribution is 2.40. The van der Waals surface area contributed by atoms with Gasteiger partial charge in [-0.25, -0.2) is 9.97 Å². The highest BCUT2D eigenvalue weighted by molar-refractivity contribution is 7.99. The third-order valence-electron chi connectivity index (χ3n) is 4.76. The summed E-state index contributed by atoms with van der Waals surface area (Å²) in [6.07, 6.45) is 4.46. The number of ether oxygens (including phenoxy) is 1. The van der Waals surface area contributed by atoms with Crippen LogP contribution in [-0.4, -0.2) is 33.5 Å². The minimum absolute atomic E-state index is 0.0900. The van der Waals surface area contributed by atoms with E-state index in [1.165, 1.54) is 22.2 Å². The van der Waals surface area contributed by atoms with Crippen molar-refractivity contribution in [1.29, 1.82) is 0 Å². The van der Waals surface area contributed by atoms with E-state index in [-0.39, 0.29) is 12.7 Å². The van der Waals surface area contributed by atoms with Crippen molar-refractivity contribution >= 4 is 44.9 Å². The number of aromatic nitrogens is 2. The van der Waals surface area contributed by atoms with Crippen LogP contribution in [0.3, 0.4) is 0 Å². The number of benzene rings is 1. The lowest BCUT2D eigenvalue weighted by Crippen LogP contribution is -2.19. The monoisotopic (exact) mass is 420 g/mol. The first-order valence-corrected chi connectivity index (χ1v) is 11.2. The van der Waals surface area contributed by atoms with Crippen LogP contribution in [0.2, 0.25) is 5.02 Å². The summed E-state index contributed by atoms with van der Waals surface area (Å²) in [6, 6.07) is 7.59. The zero-order valence-electron chi connectivity index (χ0n) is 15.0. The number of aliphatic hydroxyl groups excluding tert-OH is 1. The predicted molar refractivity (Wildman–Crippen MR) is 112 cm³/mol. The first kappa shape index (κ1) is 19.2. The molecule has 1 aliphatic carbocycles. The highest BCUT2D eigenvalue weighted by Gasteiger charge is 2.21. The minimum atomic E-state index is -0.554. The van der Waals surface area contributed by atoms with Gasteiger partial charge < -0.3 is 9.84 Å². The summed E-state index contributed by atoms with van der Waals surface area (Å²) in [7, 11) is 0. The van der Waals surface area contributed by atoms with Crippen LogP contribution in [0.5, 0.6) is 0 Å². The normalized spacial score (nSPS) is 15.8. The smallest absolute Gasteiger partial charge is 0.128 e. The number of rotatable bonds is 7. The largest absolute Gasteiger partial charge is 0.390 e. The van der Waals surface area contributed by atoms with Crippen molar-refractivity contribution in [2.24, 2.45) is 0 Å². The lowest BCUT2D eigenvalue weighted by Gasteiger charge is -2.17. The number of aliphatic hydroxyl groups is 1. The number of halogens is 1. The van der Waals surface area contributed by atoms with Gasteiger partial charge in [-0.15, -0.1) is 23.1 Å². The van der Waals surface area contributed by atoms with Gasteiger partial charge in [0.1, 0.15) is 16.2 Å². The lowest BCUT2D eigenvalue weighted by atomic mass is 10.1. The molecule has 0 unspecified atom stereocenters. The maximum absolute atomic E-state index is 10.4. The second-order valence-electron chi connectivity index (χ2n) is 6.71. The van der Waals surface area contributed by atoms with Gasteiger partial charge in [0, 0.05) is 21.0 Å². The molecule has 0 fully saturated rings. The highest BCUT2D eigenvalue weighted by atomic mass is 35.5. The quantitative estimate of drug-likeness (QED) is 0.427. The van der Waals surface area contributed by atoms with Gasteiger partial charge in [-0.2, -0.15) is 0 Å². The van der Waals surface area contributed by atoms with Crippen LogP contribution in [0.4, 0.5) is 0 Å². The number of fused-ring (bicyclic) bond motifs is 3. The van der Waals surface area contributed by atoms with E-state index in [1.807, 2.05) is 31.2 Å². The molecule has 4 nitrogen and oxygen atoms in total. The first-order chi connectivity index (χ1) is 13.1. The van der Waals surface area contributed by atoms with Crippen molar-refractivity contribution in [1.82, 2.24) is 9.97 Å². The molecule has 0 bridgehead atoms. The van der Waals surface area contributed by atoms with E-state index in [0.717, 1.165) is 28.3 Å². The molecular formula is C20H21ClN2O2S2. The topological polar surface area (TPSA) is 55.2 Å². The average molecular weight is 421 g/mol. The Labute approximate surface area is 171 Å². The Morgan fingerprint density at radius 1 is 1.26 bits per heavy atom. The Hall–Kier alpha value is -1.18. The molecule has 2 aromatic heterocycles. The molecule has 4 rings (SSSR count). The van der Waals surface area contributed by atoms with E-state index < -0.39 is 6.10 Å². The molecule has 1 aliphatic rings. The second kappa shape index (κ2) is 8.45. The molecule has 27 heavy (non-hydrogen) atoms. The fourth-order valence-electron chi connectivity index (χ4n) is 3.32. The Morgan fingerprint density at radius 3 is 2.89 bits per heavy atom. The van der Waals surface area contributed by atoms with Gasteiger partial charge in [0.05, 0.1) is 18.8 Å². The molecule has 0 saturated heterocycles. The fourth-order valence-corrected chi connectivity index (χ4v) is 5.67. The molecule has 0 radical (unpaired) electrons. The molecule has 2 atom stereocenters. The third-order valence-corrected chi connectivity index (χ3v) is 7.34. The van der Waals surface area contributed by atoms with E-state index in [2.05, 4.69) is 9.97 Å². The van der Waals surface area contributed by atoms with E-state index >= 15 is 0 Å². The second-order valence-corrected chi connectivity index (χ2v) is 9.24. The fraction of sp³-hybridized carbons (Fsp3) is 0.400. The van der Waals surface area contributed by atoms with Gasteiger partial charge >= 0.3 is 0 Å². The maximum atomic E-state index is 10.4. The molecular weight excluding hydrogens is 400 g/mol. The summed E-state index contributed by atoms with van der Waals surface area (Å²) < 4.78 is 5.83. The van der Waals surface area contributed by atoms with Crippen LogP contribution in [0.1, 0.15) is 35.5 Å². The van der Waals surface area contributed by atoms with Crippen LogP contribution < -0.4 is 0 Å². The number of aryl methyl sites for hydroxylation is 2. The Morgan fingerprint density at radius 2 is 2.07 bits per heavy atom. The van der Waals surface area contributed by atoms with Crippen LogP contribution >= 0.6 is 34.7 Å². The van der Waals surface area contributed by atoms with Gasteiger partial charge in [-0.05, 0) is 49.4 Å². The van der Waals surface area contributed by atoms with Gasteiger partial charge in [0.25, 0.3) is 0 Å². The van der Waals surface area contributed by atoms with Crippen molar-refractivity contribution in [3.05, 3.63) is 51.6 Å². The van der Waals surface area contributed by atoms with E-state index in [0.29, 0.717) is 10.8 Å². The van der Waals surface area contributed by atoms with Gasteiger partial charge in [0.2, 0.25) is 0 Å². The third kappa shape index (κ3) is 4.30. The molecule has 3 aromatic rings. The predicted octanol–water partition coefficient (Wildman–Crippen LogP) is 5.06. The van der Waals surface area contributed by atoms with Crippen LogP contribution in [-0.2, 0) is 17.6 Å². The van der Waals surface area contributed by atoms with Crippen LogP contribution in [0.15, 0.2) is 35.6 Å². The standard InChI is InChI=1S/C20H21ClN2O2S2/c1-12(13-5-7-14(21)8-6-13)25-9-15(24)10-26-19-18-16-3-2-4-17(16)27-20(18)23-11-22-19/h5-8,11-12,15,24H,2-4,9-10H2,1H3/t12-,15+/m1/s1. The van der Waals surface area contributed by atoms with Crippen molar-refractivity contribution in [2.45, 2.75) is 43.4 Å². The Bertz CT molecular complexity index is 930. The first-order valence-electron chi connectivity index (χ1n) is 9.05. The van der Waals surface area contributed by atoms with Gasteiger partial charge in [0.15, 0.2) is 0 Å². The molecule has 1 aromatic carbocycles.